The number of alkyl halides is 1. The SMILES string of the molecule is CCCCC(O)C(C)C=C(C)C(OC(N)=O)C(C)/C=C\C=C(C)C(=O)Nc1cc(O)c(N=CCF)c(C)c1O. The molecule has 4 unspecified atom stereocenters. The molecule has 0 saturated heterocycles. The second-order valence-electron chi connectivity index (χ2n) is 9.62. The van der Waals surface area contributed by atoms with Crippen molar-refractivity contribution in [2.45, 2.75) is 73.0 Å². The largest absolute Gasteiger partial charge is 0.506 e. The molecule has 0 saturated carbocycles. The minimum absolute atomic E-state index is 0.00859. The second kappa shape index (κ2) is 16.3. The normalized spacial score (nSPS) is 15.8. The molecule has 39 heavy (non-hydrogen) atoms. The number of carbonyl (C=O) groups is 2. The van der Waals surface area contributed by atoms with Gasteiger partial charge in [-0.3, -0.25) is 9.79 Å². The van der Waals surface area contributed by atoms with Crippen LogP contribution >= 0.6 is 0 Å². The highest BCUT2D eigenvalue weighted by Crippen LogP contribution is 2.41. The second-order valence-corrected chi connectivity index (χ2v) is 9.62. The van der Waals surface area contributed by atoms with Crippen LogP contribution in [0.15, 0.2) is 46.5 Å². The molecule has 0 radical (unpaired) electrons. The highest BCUT2D eigenvalue weighted by Gasteiger charge is 2.22. The number of carbonyl (C=O) groups excluding carboxylic acids is 2. The van der Waals surface area contributed by atoms with E-state index in [2.05, 4.69) is 17.2 Å². The molecule has 1 aromatic carbocycles. The first kappa shape index (κ1) is 33.4. The predicted molar refractivity (Wildman–Crippen MR) is 152 cm³/mol. The third kappa shape index (κ3) is 10.6. The number of amides is 2. The average Bonchev–Trinajstić information content (AvgIpc) is 2.88. The Bertz CT molecular complexity index is 1110. The van der Waals surface area contributed by atoms with Gasteiger partial charge in [0.15, 0.2) is 0 Å². The van der Waals surface area contributed by atoms with Gasteiger partial charge in [-0.15, -0.1) is 0 Å². The van der Waals surface area contributed by atoms with Crippen LogP contribution in [0.3, 0.4) is 0 Å². The Hall–Kier alpha value is -3.66. The van der Waals surface area contributed by atoms with Crippen molar-refractivity contribution in [2.75, 3.05) is 12.0 Å². The van der Waals surface area contributed by atoms with E-state index in [1.165, 1.54) is 6.92 Å². The Kier molecular flexibility index (Phi) is 14.0. The highest BCUT2D eigenvalue weighted by molar-refractivity contribution is 6.04. The number of nitrogens with zero attached hydrogens (tertiary/aromatic N) is 1. The van der Waals surface area contributed by atoms with Gasteiger partial charge in [0, 0.05) is 35.3 Å². The van der Waals surface area contributed by atoms with Gasteiger partial charge in [0.2, 0.25) is 0 Å². The van der Waals surface area contributed by atoms with Crippen LogP contribution < -0.4 is 11.1 Å². The molecule has 0 aliphatic rings. The molecule has 0 fully saturated rings. The fraction of sp³-hybridized carbons (Fsp3) is 0.483. The Balaban J connectivity index is 3.02. The van der Waals surface area contributed by atoms with Gasteiger partial charge in [0.05, 0.1) is 11.8 Å². The zero-order valence-corrected chi connectivity index (χ0v) is 23.6. The van der Waals surface area contributed by atoms with Crippen molar-refractivity contribution in [3.05, 3.63) is 47.1 Å². The van der Waals surface area contributed by atoms with Crippen molar-refractivity contribution >= 4 is 29.6 Å². The van der Waals surface area contributed by atoms with E-state index in [9.17, 15) is 29.3 Å². The van der Waals surface area contributed by atoms with E-state index in [0.717, 1.165) is 30.7 Å². The number of aliphatic hydroxyl groups is 1. The summed E-state index contributed by atoms with van der Waals surface area (Å²) in [6, 6.07) is 1.14. The first-order valence-corrected chi connectivity index (χ1v) is 13.0. The predicted octanol–water partition coefficient (Wildman–Crippen LogP) is 5.75. The number of aromatic hydroxyl groups is 2. The molecule has 0 spiro atoms. The molecular formula is C29H42FN3O6. The van der Waals surface area contributed by atoms with Crippen molar-refractivity contribution in [1.82, 2.24) is 0 Å². The van der Waals surface area contributed by atoms with Crippen molar-refractivity contribution in [3.8, 4) is 11.5 Å². The third-order valence-corrected chi connectivity index (χ3v) is 6.30. The maximum absolute atomic E-state index is 12.7. The van der Waals surface area contributed by atoms with E-state index >= 15 is 0 Å². The topological polar surface area (TPSA) is 154 Å². The number of benzene rings is 1. The quantitative estimate of drug-likeness (QED) is 0.0499. The summed E-state index contributed by atoms with van der Waals surface area (Å²) in [7, 11) is 0. The summed E-state index contributed by atoms with van der Waals surface area (Å²) < 4.78 is 17.7. The average molecular weight is 548 g/mol. The molecule has 0 heterocycles. The number of aliphatic hydroxyl groups excluding tert-OH is 1. The van der Waals surface area contributed by atoms with Crippen LogP contribution in [0.25, 0.3) is 0 Å². The number of allylic oxidation sites excluding steroid dienone is 2. The maximum atomic E-state index is 12.7. The highest BCUT2D eigenvalue weighted by atomic mass is 19.1. The zero-order valence-electron chi connectivity index (χ0n) is 23.6. The van der Waals surface area contributed by atoms with Crippen LogP contribution in [0.5, 0.6) is 11.5 Å². The molecule has 0 bridgehead atoms. The standard InChI is InChI=1S/C29H42FN3O6/c1-7-8-12-23(34)19(4)15-20(5)27(39-29(31)38)17(2)10-9-11-18(3)28(37)33-22-16-24(35)25(32-14-13-30)21(6)26(22)36/h9-11,14-17,19,23,27,34-36H,7-8,12-13H2,1-6H3,(H2,31,38)(H,33,37)/b10-9-,18-11?,20-15?,32-14?. The number of nitrogens with one attached hydrogen (secondary N) is 1. The first-order valence-electron chi connectivity index (χ1n) is 13.0. The monoisotopic (exact) mass is 547 g/mol. The van der Waals surface area contributed by atoms with E-state index in [-0.39, 0.29) is 40.3 Å². The van der Waals surface area contributed by atoms with E-state index in [1.54, 1.807) is 25.2 Å². The van der Waals surface area contributed by atoms with Crippen LogP contribution in [0.4, 0.5) is 20.6 Å². The third-order valence-electron chi connectivity index (χ3n) is 6.30. The lowest BCUT2D eigenvalue weighted by Gasteiger charge is -2.24. The van der Waals surface area contributed by atoms with E-state index in [4.69, 9.17) is 10.5 Å². The summed E-state index contributed by atoms with van der Waals surface area (Å²) in [6.07, 6.45) is 8.27. The molecule has 6 N–H and O–H groups in total. The van der Waals surface area contributed by atoms with Gasteiger partial charge in [-0.2, -0.15) is 0 Å². The fourth-order valence-corrected chi connectivity index (χ4v) is 3.97. The number of nitrogens with two attached hydrogens (primary N) is 1. The van der Waals surface area contributed by atoms with Gasteiger partial charge in [-0.05, 0) is 32.8 Å². The van der Waals surface area contributed by atoms with Crippen LogP contribution in [0, 0.1) is 18.8 Å². The number of anilines is 1. The van der Waals surface area contributed by atoms with Crippen LogP contribution in [0.1, 0.15) is 59.4 Å². The van der Waals surface area contributed by atoms with Crippen LogP contribution in [-0.4, -0.2) is 52.4 Å². The molecule has 9 nitrogen and oxygen atoms in total. The fourth-order valence-electron chi connectivity index (χ4n) is 3.97. The Morgan fingerprint density at radius 2 is 1.90 bits per heavy atom. The van der Waals surface area contributed by atoms with Gasteiger partial charge in [-0.25, -0.2) is 9.18 Å². The molecule has 1 rings (SSSR count). The smallest absolute Gasteiger partial charge is 0.405 e. The number of halogens is 1. The van der Waals surface area contributed by atoms with Gasteiger partial charge in [0.1, 0.15) is 30.0 Å². The minimum atomic E-state index is -0.918. The number of hydrogen-bond acceptors (Lipinski definition) is 7. The lowest BCUT2D eigenvalue weighted by atomic mass is 9.92. The molecule has 0 aliphatic heterocycles. The molecule has 0 aromatic heterocycles. The summed E-state index contributed by atoms with van der Waals surface area (Å²) in [5.41, 5.74) is 6.50. The zero-order chi connectivity index (χ0) is 29.7. The van der Waals surface area contributed by atoms with Crippen LogP contribution in [0.2, 0.25) is 0 Å². The number of aliphatic imine (C=N–C) groups is 1. The number of hydrogen-bond donors (Lipinski definition) is 5. The van der Waals surface area contributed by atoms with Crippen LogP contribution in [-0.2, 0) is 9.53 Å². The Morgan fingerprint density at radius 1 is 1.23 bits per heavy atom. The summed E-state index contributed by atoms with van der Waals surface area (Å²) in [6.45, 7) is 9.82. The number of phenolic OH excluding ortho intramolecular Hbond substituents is 2. The van der Waals surface area contributed by atoms with Crippen molar-refractivity contribution in [3.63, 3.8) is 0 Å². The van der Waals surface area contributed by atoms with Gasteiger partial charge in [-0.1, -0.05) is 57.9 Å². The van der Waals surface area contributed by atoms with Crippen molar-refractivity contribution in [2.24, 2.45) is 22.6 Å². The molecule has 1 aromatic rings. The molecule has 216 valence electrons. The summed E-state index contributed by atoms with van der Waals surface area (Å²) in [5, 5.41) is 33.5. The van der Waals surface area contributed by atoms with E-state index in [0.29, 0.717) is 12.0 Å². The molecule has 0 aliphatic carbocycles. The van der Waals surface area contributed by atoms with Gasteiger partial charge < -0.3 is 31.1 Å². The minimum Gasteiger partial charge on any atom is -0.506 e. The maximum Gasteiger partial charge on any atom is 0.405 e. The molecular weight excluding hydrogens is 505 g/mol. The number of unbranched alkanes of at least 4 members (excludes halogenated alkanes) is 1. The number of primary amides is 1. The van der Waals surface area contributed by atoms with Gasteiger partial charge >= 0.3 is 6.09 Å². The van der Waals surface area contributed by atoms with Crippen molar-refractivity contribution < 1.29 is 34.0 Å². The number of phenols is 2. The molecule has 2 amide bonds. The molecule has 10 heteroatoms. The Morgan fingerprint density at radius 3 is 2.49 bits per heavy atom. The first-order chi connectivity index (χ1) is 18.3. The number of rotatable bonds is 14. The van der Waals surface area contributed by atoms with E-state index in [1.807, 2.05) is 26.8 Å². The van der Waals surface area contributed by atoms with Crippen molar-refractivity contribution in [1.29, 1.82) is 0 Å². The summed E-state index contributed by atoms with van der Waals surface area (Å²) in [5.74, 6) is -1.59. The van der Waals surface area contributed by atoms with E-state index < -0.39 is 30.9 Å². The lowest BCUT2D eigenvalue weighted by Crippen LogP contribution is -2.29. The summed E-state index contributed by atoms with van der Waals surface area (Å²) >= 11 is 0. The Labute approximate surface area is 230 Å². The summed E-state index contributed by atoms with van der Waals surface area (Å²) in [4.78, 5) is 28.0. The molecule has 4 atom stereocenters. The van der Waals surface area contributed by atoms with Gasteiger partial charge in [0.25, 0.3) is 5.91 Å². The number of ether oxygens (including phenoxy) is 1. The lowest BCUT2D eigenvalue weighted by molar-refractivity contribution is -0.112.